The van der Waals surface area contributed by atoms with Crippen molar-refractivity contribution in [2.45, 2.75) is 32.2 Å². The number of benzene rings is 1. The Morgan fingerprint density at radius 2 is 2.23 bits per heavy atom. The van der Waals surface area contributed by atoms with Gasteiger partial charge >= 0.3 is 0 Å². The highest BCUT2D eigenvalue weighted by atomic mass is 16.1. The Labute approximate surface area is 129 Å². The summed E-state index contributed by atoms with van der Waals surface area (Å²) < 4.78 is 0. The second-order valence-electron chi connectivity index (χ2n) is 5.61. The summed E-state index contributed by atoms with van der Waals surface area (Å²) in [5, 5.41) is 0. The molecule has 2 aromatic rings. The molecule has 0 spiro atoms. The Morgan fingerprint density at radius 3 is 2.86 bits per heavy atom. The third-order valence-electron chi connectivity index (χ3n) is 4.46. The molecule has 2 heterocycles. The fourth-order valence-corrected chi connectivity index (χ4v) is 3.28. The van der Waals surface area contributed by atoms with Crippen LogP contribution in [0.4, 0.5) is 0 Å². The number of hydrogen-bond donors (Lipinski definition) is 2. The molecule has 1 aliphatic heterocycles. The van der Waals surface area contributed by atoms with Crippen molar-refractivity contribution in [2.24, 2.45) is 5.73 Å². The molecule has 1 atom stereocenters. The largest absolute Gasteiger partial charge is 0.366 e. The Kier molecular flexibility index (Phi) is 4.61. The number of hydrogen-bond acceptors (Lipinski definition) is 4. The monoisotopic (exact) mass is 302 g/mol. The number of amides is 1. The van der Waals surface area contributed by atoms with Crippen molar-refractivity contribution >= 4 is 23.7 Å². The van der Waals surface area contributed by atoms with E-state index in [2.05, 4.69) is 28.7 Å². The minimum Gasteiger partial charge on any atom is -0.366 e. The number of aromatic amines is 1. The zero-order chi connectivity index (χ0) is 16.3. The van der Waals surface area contributed by atoms with Crippen molar-refractivity contribution in [3.05, 3.63) is 29.6 Å². The predicted molar refractivity (Wildman–Crippen MR) is 85.6 cm³/mol. The minimum absolute atomic E-state index is 0.0807. The van der Waals surface area contributed by atoms with Gasteiger partial charge in [-0.05, 0) is 45.0 Å². The number of nitrogens with one attached hydrogen (secondary N) is 1. The number of H-pyrrole nitrogens is 1. The Bertz CT molecular complexity index is 682. The van der Waals surface area contributed by atoms with Crippen molar-refractivity contribution < 1.29 is 9.59 Å². The molecule has 6 heteroatoms. The van der Waals surface area contributed by atoms with E-state index < -0.39 is 5.91 Å². The van der Waals surface area contributed by atoms with Crippen molar-refractivity contribution in [3.8, 4) is 0 Å². The molecule has 1 amide bonds. The van der Waals surface area contributed by atoms with E-state index in [0.717, 1.165) is 30.9 Å². The molecule has 1 saturated heterocycles. The van der Waals surface area contributed by atoms with Crippen LogP contribution in [0.5, 0.6) is 0 Å². The van der Waals surface area contributed by atoms with Crippen LogP contribution in [0.25, 0.3) is 11.0 Å². The van der Waals surface area contributed by atoms with Gasteiger partial charge in [0.2, 0.25) is 0 Å². The Hall–Kier alpha value is -2.21. The molecule has 1 aromatic carbocycles. The number of primary amides is 1. The van der Waals surface area contributed by atoms with E-state index in [0.29, 0.717) is 11.1 Å². The number of para-hydroxylation sites is 1. The molecule has 118 valence electrons. The molecule has 1 aromatic heterocycles. The molecule has 3 N–H and O–H groups in total. The van der Waals surface area contributed by atoms with Crippen LogP contribution in [0, 0.1) is 0 Å². The molecule has 0 aliphatic carbocycles. The number of imidazole rings is 1. The summed E-state index contributed by atoms with van der Waals surface area (Å²) >= 11 is 0. The van der Waals surface area contributed by atoms with Crippen molar-refractivity contribution in [1.82, 2.24) is 14.9 Å². The fraction of sp³-hybridized carbons (Fsp3) is 0.438. The summed E-state index contributed by atoms with van der Waals surface area (Å²) in [5.74, 6) is 0.498. The summed E-state index contributed by atoms with van der Waals surface area (Å²) in [4.78, 5) is 30.0. The van der Waals surface area contributed by atoms with Gasteiger partial charge in [-0.15, -0.1) is 0 Å². The van der Waals surface area contributed by atoms with E-state index in [-0.39, 0.29) is 5.54 Å². The first-order valence-corrected chi connectivity index (χ1v) is 7.39. The molecule has 1 unspecified atom stereocenters. The molecule has 1 fully saturated rings. The molecule has 1 aliphatic rings. The lowest BCUT2D eigenvalue weighted by atomic mass is 9.98. The van der Waals surface area contributed by atoms with Gasteiger partial charge in [0.05, 0.1) is 16.6 Å². The van der Waals surface area contributed by atoms with Crippen LogP contribution in [-0.4, -0.2) is 40.7 Å². The van der Waals surface area contributed by atoms with E-state index in [4.69, 9.17) is 10.5 Å². The predicted octanol–water partition coefficient (Wildman–Crippen LogP) is 1.81. The van der Waals surface area contributed by atoms with Crippen LogP contribution in [0.15, 0.2) is 18.2 Å². The molecule has 6 nitrogen and oxygen atoms in total. The quantitative estimate of drug-likeness (QED) is 0.904. The van der Waals surface area contributed by atoms with Gasteiger partial charge in [0.1, 0.15) is 18.1 Å². The van der Waals surface area contributed by atoms with Gasteiger partial charge in [0, 0.05) is 0 Å². The standard InChI is InChI=1S/C15H20N4O.CH2O/c1-3-19-9-5-8-15(19,2)14-17-11-7-4-6-10(13(16)20)12(11)18-14;1-2/h4,6-7H,3,5,8-9H2,1-2H3,(H2,16,20)(H,17,18);1H2. The summed E-state index contributed by atoms with van der Waals surface area (Å²) in [7, 11) is 0. The molecular weight excluding hydrogens is 280 g/mol. The minimum atomic E-state index is -0.433. The molecule has 3 rings (SSSR count). The van der Waals surface area contributed by atoms with Gasteiger partial charge in [0.25, 0.3) is 5.91 Å². The summed E-state index contributed by atoms with van der Waals surface area (Å²) in [6.45, 7) is 8.47. The number of carbonyl (C=O) groups is 2. The number of nitrogens with two attached hydrogens (primary N) is 1. The Balaban J connectivity index is 0.000000847. The first kappa shape index (κ1) is 16.2. The van der Waals surface area contributed by atoms with Gasteiger partial charge in [-0.2, -0.15) is 0 Å². The van der Waals surface area contributed by atoms with Gasteiger partial charge in [0.15, 0.2) is 0 Å². The first-order valence-electron chi connectivity index (χ1n) is 7.39. The molecule has 0 saturated carbocycles. The number of rotatable bonds is 3. The van der Waals surface area contributed by atoms with Crippen molar-refractivity contribution in [3.63, 3.8) is 0 Å². The summed E-state index contributed by atoms with van der Waals surface area (Å²) in [6.07, 6.45) is 2.25. The van der Waals surface area contributed by atoms with Crippen molar-refractivity contribution in [1.29, 1.82) is 0 Å². The zero-order valence-electron chi connectivity index (χ0n) is 13.1. The van der Waals surface area contributed by atoms with Gasteiger partial charge < -0.3 is 15.5 Å². The second-order valence-corrected chi connectivity index (χ2v) is 5.61. The van der Waals surface area contributed by atoms with Gasteiger partial charge in [-0.25, -0.2) is 4.98 Å². The highest BCUT2D eigenvalue weighted by Gasteiger charge is 2.39. The number of carbonyl (C=O) groups excluding carboxylic acids is 2. The van der Waals surface area contributed by atoms with Crippen LogP contribution >= 0.6 is 0 Å². The lowest BCUT2D eigenvalue weighted by Gasteiger charge is -2.32. The third-order valence-corrected chi connectivity index (χ3v) is 4.46. The SMILES string of the molecule is C=O.CCN1CCCC1(C)c1nc2c(C(N)=O)cccc2[nH]1. The highest BCUT2D eigenvalue weighted by molar-refractivity contribution is 6.04. The van der Waals surface area contributed by atoms with E-state index in [9.17, 15) is 4.79 Å². The number of fused-ring (bicyclic) bond motifs is 1. The van der Waals surface area contributed by atoms with Crippen LogP contribution in [-0.2, 0) is 10.3 Å². The summed E-state index contributed by atoms with van der Waals surface area (Å²) in [6, 6.07) is 5.50. The van der Waals surface area contributed by atoms with E-state index in [1.165, 1.54) is 6.42 Å². The van der Waals surface area contributed by atoms with Gasteiger partial charge in [-0.1, -0.05) is 13.0 Å². The average molecular weight is 302 g/mol. The maximum absolute atomic E-state index is 11.5. The topological polar surface area (TPSA) is 92.1 Å². The van der Waals surface area contributed by atoms with Crippen LogP contribution in [0.1, 0.15) is 42.9 Å². The zero-order valence-corrected chi connectivity index (χ0v) is 13.1. The summed E-state index contributed by atoms with van der Waals surface area (Å²) in [5.41, 5.74) is 7.38. The third kappa shape index (κ3) is 2.50. The maximum atomic E-state index is 11.5. The van der Waals surface area contributed by atoms with E-state index >= 15 is 0 Å². The molecular formula is C16H22N4O2. The first-order chi connectivity index (χ1) is 10.6. The Morgan fingerprint density at radius 1 is 1.50 bits per heavy atom. The normalized spacial score (nSPS) is 21.5. The lowest BCUT2D eigenvalue weighted by molar-refractivity contribution is -0.0980. The fourth-order valence-electron chi connectivity index (χ4n) is 3.28. The number of aromatic nitrogens is 2. The van der Waals surface area contributed by atoms with Crippen molar-refractivity contribution in [2.75, 3.05) is 13.1 Å². The van der Waals surface area contributed by atoms with E-state index in [1.54, 1.807) is 6.07 Å². The highest BCUT2D eigenvalue weighted by Crippen LogP contribution is 2.37. The lowest BCUT2D eigenvalue weighted by Crippen LogP contribution is -2.39. The van der Waals surface area contributed by atoms with Crippen LogP contribution in [0.2, 0.25) is 0 Å². The molecule has 0 radical (unpaired) electrons. The molecule has 22 heavy (non-hydrogen) atoms. The van der Waals surface area contributed by atoms with Gasteiger partial charge in [-0.3, -0.25) is 9.69 Å². The average Bonchev–Trinajstić information content (AvgIpc) is 3.12. The van der Waals surface area contributed by atoms with Crippen LogP contribution < -0.4 is 5.73 Å². The smallest absolute Gasteiger partial charge is 0.250 e. The second kappa shape index (κ2) is 6.27. The van der Waals surface area contributed by atoms with E-state index in [1.807, 2.05) is 18.9 Å². The number of nitrogens with zero attached hydrogens (tertiary/aromatic N) is 2. The maximum Gasteiger partial charge on any atom is 0.250 e. The molecule has 0 bridgehead atoms. The van der Waals surface area contributed by atoms with Crippen LogP contribution in [0.3, 0.4) is 0 Å². The number of likely N-dealkylation sites (tertiary alicyclic amines) is 1.